The highest BCUT2D eigenvalue weighted by Gasteiger charge is 2.16. The normalized spacial score (nSPS) is 13.7. The first-order chi connectivity index (χ1) is 8.84. The molecular weight excluding hydrogens is 260 g/mol. The Balaban J connectivity index is 2.64. The van der Waals surface area contributed by atoms with E-state index in [2.05, 4.69) is 4.72 Å². The predicted octanol–water partition coefficient (Wildman–Crippen LogP) is 2.17. The van der Waals surface area contributed by atoms with Crippen molar-refractivity contribution in [2.24, 2.45) is 11.7 Å². The molecule has 5 heteroatoms. The van der Waals surface area contributed by atoms with E-state index in [0.29, 0.717) is 18.9 Å². The molecule has 0 aliphatic rings. The van der Waals surface area contributed by atoms with Crippen LogP contribution in [0.5, 0.6) is 0 Å². The lowest BCUT2D eigenvalue weighted by molar-refractivity contribution is 0.550. The monoisotopic (exact) mass is 284 g/mol. The molecule has 3 N–H and O–H groups in total. The fourth-order valence-electron chi connectivity index (χ4n) is 1.73. The lowest BCUT2D eigenvalue weighted by atomic mass is 10.1. The van der Waals surface area contributed by atoms with E-state index < -0.39 is 10.0 Å². The van der Waals surface area contributed by atoms with Crippen LogP contribution < -0.4 is 10.5 Å². The molecule has 0 aliphatic carbocycles. The molecule has 0 fully saturated rings. The highest BCUT2D eigenvalue weighted by Crippen LogP contribution is 2.15. The van der Waals surface area contributed by atoms with Crippen LogP contribution in [0.3, 0.4) is 0 Å². The van der Waals surface area contributed by atoms with Crippen molar-refractivity contribution in [2.45, 2.75) is 39.8 Å². The second kappa shape index (κ2) is 7.03. The molecule has 1 rings (SSSR count). The topological polar surface area (TPSA) is 72.2 Å². The predicted molar refractivity (Wildman–Crippen MR) is 79.1 cm³/mol. The molecule has 0 saturated carbocycles. The summed E-state index contributed by atoms with van der Waals surface area (Å²) in [5.41, 5.74) is 7.52. The van der Waals surface area contributed by atoms with Crippen molar-refractivity contribution in [3.05, 3.63) is 35.4 Å². The zero-order chi connectivity index (χ0) is 14.5. The largest absolute Gasteiger partial charge is 0.326 e. The minimum atomic E-state index is -3.21. The first-order valence-corrected chi connectivity index (χ1v) is 8.28. The molecular formula is C14H24N2O2S. The van der Waals surface area contributed by atoms with Crippen LogP contribution in [-0.4, -0.2) is 14.2 Å². The Labute approximate surface area is 116 Å². The number of benzene rings is 1. The molecule has 0 spiro atoms. The molecule has 0 aromatic heterocycles. The number of nitrogens with one attached hydrogen (secondary N) is 1. The summed E-state index contributed by atoms with van der Waals surface area (Å²) in [6.07, 6.45) is 0.675. The minimum absolute atomic E-state index is 0.176. The van der Waals surface area contributed by atoms with E-state index in [1.54, 1.807) is 0 Å². The van der Waals surface area contributed by atoms with Gasteiger partial charge in [0.05, 0.1) is 5.75 Å². The fourth-order valence-corrected chi connectivity index (χ4v) is 3.30. The third kappa shape index (κ3) is 5.72. The molecule has 1 aromatic rings. The van der Waals surface area contributed by atoms with Crippen molar-refractivity contribution in [3.8, 4) is 0 Å². The quantitative estimate of drug-likeness (QED) is 0.806. The highest BCUT2D eigenvalue weighted by atomic mass is 32.2. The van der Waals surface area contributed by atoms with Gasteiger partial charge < -0.3 is 5.73 Å². The van der Waals surface area contributed by atoms with E-state index in [1.165, 1.54) is 0 Å². The lowest BCUT2D eigenvalue weighted by Gasteiger charge is -2.15. The van der Waals surface area contributed by atoms with E-state index in [-0.39, 0.29) is 11.8 Å². The Morgan fingerprint density at radius 1 is 1.16 bits per heavy atom. The van der Waals surface area contributed by atoms with Crippen molar-refractivity contribution >= 4 is 10.0 Å². The summed E-state index contributed by atoms with van der Waals surface area (Å²) in [6.45, 7) is 6.38. The smallest absolute Gasteiger partial charge is 0.212 e. The van der Waals surface area contributed by atoms with E-state index >= 15 is 0 Å². The van der Waals surface area contributed by atoms with Gasteiger partial charge in [0.2, 0.25) is 10.0 Å². The van der Waals surface area contributed by atoms with Gasteiger partial charge in [-0.2, -0.15) is 0 Å². The third-order valence-electron chi connectivity index (χ3n) is 3.04. The third-order valence-corrected chi connectivity index (χ3v) is 4.52. The van der Waals surface area contributed by atoms with Crippen LogP contribution in [0.4, 0.5) is 0 Å². The minimum Gasteiger partial charge on any atom is -0.326 e. The van der Waals surface area contributed by atoms with Gasteiger partial charge in [0.1, 0.15) is 0 Å². The molecule has 1 atom stereocenters. The van der Waals surface area contributed by atoms with Gasteiger partial charge in [0.15, 0.2) is 0 Å². The average Bonchev–Trinajstić information content (AvgIpc) is 2.36. The second-order valence-electron chi connectivity index (χ2n) is 5.29. The number of hydrogen-bond acceptors (Lipinski definition) is 3. The van der Waals surface area contributed by atoms with Crippen molar-refractivity contribution in [1.29, 1.82) is 0 Å². The number of sulfonamides is 1. The molecule has 19 heavy (non-hydrogen) atoms. The molecule has 4 nitrogen and oxygen atoms in total. The van der Waals surface area contributed by atoms with Gasteiger partial charge in [-0.3, -0.25) is 0 Å². The molecule has 1 aromatic carbocycles. The molecule has 0 aliphatic heterocycles. The van der Waals surface area contributed by atoms with Crippen LogP contribution >= 0.6 is 0 Å². The summed E-state index contributed by atoms with van der Waals surface area (Å²) in [4.78, 5) is 0. The van der Waals surface area contributed by atoms with Gasteiger partial charge in [0.25, 0.3) is 0 Å². The summed E-state index contributed by atoms with van der Waals surface area (Å²) >= 11 is 0. The summed E-state index contributed by atoms with van der Waals surface area (Å²) in [7, 11) is -3.21. The Bertz CT molecular complexity index is 481. The van der Waals surface area contributed by atoms with Crippen molar-refractivity contribution in [1.82, 2.24) is 4.72 Å². The highest BCUT2D eigenvalue weighted by molar-refractivity contribution is 7.89. The Morgan fingerprint density at radius 3 is 2.21 bits per heavy atom. The van der Waals surface area contributed by atoms with Crippen LogP contribution in [-0.2, 0) is 16.6 Å². The Morgan fingerprint density at radius 2 is 1.74 bits per heavy atom. The van der Waals surface area contributed by atoms with Gasteiger partial charge in [-0.05, 0) is 30.4 Å². The fraction of sp³-hybridized carbons (Fsp3) is 0.571. The van der Waals surface area contributed by atoms with Crippen molar-refractivity contribution < 1.29 is 8.42 Å². The summed E-state index contributed by atoms with van der Waals surface area (Å²) in [5, 5.41) is 0. The zero-order valence-corrected chi connectivity index (χ0v) is 12.7. The van der Waals surface area contributed by atoms with E-state index in [9.17, 15) is 8.42 Å². The molecule has 0 bridgehead atoms. The molecule has 0 heterocycles. The molecule has 0 saturated heterocycles. The zero-order valence-electron chi connectivity index (χ0n) is 11.9. The second-order valence-corrected chi connectivity index (χ2v) is 7.16. The molecule has 0 radical (unpaired) electrons. The van der Waals surface area contributed by atoms with Crippen molar-refractivity contribution in [2.75, 3.05) is 5.75 Å². The SMILES string of the molecule is CC(C)CCS(=O)(=O)NC(C)c1ccc(CN)cc1. The summed E-state index contributed by atoms with van der Waals surface area (Å²) in [5.74, 6) is 0.561. The maximum absolute atomic E-state index is 11.9. The van der Waals surface area contributed by atoms with Crippen LogP contribution in [0, 0.1) is 5.92 Å². The number of nitrogens with two attached hydrogens (primary N) is 1. The van der Waals surface area contributed by atoms with Gasteiger partial charge in [-0.15, -0.1) is 0 Å². The Kier molecular flexibility index (Phi) is 5.97. The summed E-state index contributed by atoms with van der Waals surface area (Å²) in [6, 6.07) is 7.46. The Hall–Kier alpha value is -0.910. The van der Waals surface area contributed by atoms with Crippen LogP contribution in [0.1, 0.15) is 44.4 Å². The number of hydrogen-bond donors (Lipinski definition) is 2. The van der Waals surface area contributed by atoms with Crippen LogP contribution in [0.25, 0.3) is 0 Å². The van der Waals surface area contributed by atoms with Crippen LogP contribution in [0.2, 0.25) is 0 Å². The lowest BCUT2D eigenvalue weighted by Crippen LogP contribution is -2.29. The van der Waals surface area contributed by atoms with Gasteiger partial charge >= 0.3 is 0 Å². The molecule has 108 valence electrons. The molecule has 0 amide bonds. The number of rotatable bonds is 7. The maximum atomic E-state index is 11.9. The first-order valence-electron chi connectivity index (χ1n) is 6.63. The average molecular weight is 284 g/mol. The van der Waals surface area contributed by atoms with Crippen molar-refractivity contribution in [3.63, 3.8) is 0 Å². The van der Waals surface area contributed by atoms with E-state index in [1.807, 2.05) is 45.0 Å². The van der Waals surface area contributed by atoms with Gasteiger partial charge in [-0.25, -0.2) is 13.1 Å². The first kappa shape index (κ1) is 16.1. The molecule has 1 unspecified atom stereocenters. The maximum Gasteiger partial charge on any atom is 0.212 e. The van der Waals surface area contributed by atoms with Gasteiger partial charge in [0, 0.05) is 12.6 Å². The van der Waals surface area contributed by atoms with Gasteiger partial charge in [-0.1, -0.05) is 38.1 Å². The standard InChI is InChI=1S/C14H24N2O2S/c1-11(2)8-9-19(17,18)16-12(3)14-6-4-13(10-15)5-7-14/h4-7,11-12,16H,8-10,15H2,1-3H3. The van der Waals surface area contributed by atoms with E-state index in [0.717, 1.165) is 11.1 Å². The van der Waals surface area contributed by atoms with Crippen LogP contribution in [0.15, 0.2) is 24.3 Å². The van der Waals surface area contributed by atoms with E-state index in [4.69, 9.17) is 5.73 Å². The summed E-state index contributed by atoms with van der Waals surface area (Å²) < 4.78 is 26.5.